The van der Waals surface area contributed by atoms with Crippen LogP contribution in [0.5, 0.6) is 5.75 Å². The first-order valence-electron chi connectivity index (χ1n) is 6.90. The summed E-state index contributed by atoms with van der Waals surface area (Å²) < 4.78 is 10.8. The summed E-state index contributed by atoms with van der Waals surface area (Å²) in [5.41, 5.74) is 7.69. The second-order valence-electron chi connectivity index (χ2n) is 4.61. The average molecular weight is 285 g/mol. The number of rotatable bonds is 5. The molecular formula is C17H19NO3. The van der Waals surface area contributed by atoms with Crippen LogP contribution < -0.4 is 10.5 Å². The van der Waals surface area contributed by atoms with Gasteiger partial charge in [0.25, 0.3) is 0 Å². The van der Waals surface area contributed by atoms with E-state index in [9.17, 15) is 4.79 Å². The van der Waals surface area contributed by atoms with E-state index < -0.39 is 5.97 Å². The van der Waals surface area contributed by atoms with Crippen LogP contribution in [-0.4, -0.2) is 12.6 Å². The molecule has 110 valence electrons. The van der Waals surface area contributed by atoms with Crippen molar-refractivity contribution in [1.29, 1.82) is 0 Å². The van der Waals surface area contributed by atoms with Gasteiger partial charge in [0, 0.05) is 0 Å². The molecule has 21 heavy (non-hydrogen) atoms. The number of carbonyl (C=O) groups excluding carboxylic acids is 1. The number of ether oxygens (including phenoxy) is 2. The number of hydrogen-bond donors (Lipinski definition) is 1. The van der Waals surface area contributed by atoms with Gasteiger partial charge in [-0.3, -0.25) is 0 Å². The van der Waals surface area contributed by atoms with Crippen molar-refractivity contribution in [3.63, 3.8) is 0 Å². The van der Waals surface area contributed by atoms with Crippen LogP contribution in [0.2, 0.25) is 0 Å². The third-order valence-electron chi connectivity index (χ3n) is 3.13. The van der Waals surface area contributed by atoms with E-state index in [0.29, 0.717) is 23.6 Å². The molecule has 0 amide bonds. The van der Waals surface area contributed by atoms with E-state index in [-0.39, 0.29) is 6.10 Å². The maximum atomic E-state index is 11.8. The van der Waals surface area contributed by atoms with Crippen LogP contribution in [0.15, 0.2) is 48.5 Å². The quantitative estimate of drug-likeness (QED) is 0.673. The molecule has 0 aliphatic carbocycles. The number of anilines is 1. The second kappa shape index (κ2) is 6.79. The minimum atomic E-state index is -0.437. The molecule has 2 aromatic rings. The number of benzene rings is 2. The predicted molar refractivity (Wildman–Crippen MR) is 82.3 cm³/mol. The summed E-state index contributed by atoms with van der Waals surface area (Å²) in [5, 5.41) is 0. The molecule has 0 aliphatic rings. The summed E-state index contributed by atoms with van der Waals surface area (Å²) in [7, 11) is 0. The van der Waals surface area contributed by atoms with Crippen molar-refractivity contribution in [2.75, 3.05) is 12.3 Å². The second-order valence-corrected chi connectivity index (χ2v) is 4.61. The monoisotopic (exact) mass is 285 g/mol. The fraction of sp³-hybridized carbons (Fsp3) is 0.235. The summed E-state index contributed by atoms with van der Waals surface area (Å²) >= 11 is 0. The van der Waals surface area contributed by atoms with E-state index in [1.165, 1.54) is 0 Å². The Morgan fingerprint density at radius 2 is 1.86 bits per heavy atom. The van der Waals surface area contributed by atoms with Gasteiger partial charge >= 0.3 is 5.97 Å². The molecule has 4 heteroatoms. The molecule has 2 N–H and O–H groups in total. The van der Waals surface area contributed by atoms with Gasteiger partial charge in [-0.05, 0) is 31.5 Å². The maximum absolute atomic E-state index is 11.8. The molecule has 0 aliphatic heterocycles. The number of nitrogen functional groups attached to an aromatic ring is 1. The lowest BCUT2D eigenvalue weighted by atomic mass is 10.1. The molecule has 0 saturated carbocycles. The van der Waals surface area contributed by atoms with Crippen molar-refractivity contribution in [2.45, 2.75) is 20.0 Å². The van der Waals surface area contributed by atoms with Crippen LogP contribution in [0.3, 0.4) is 0 Å². The molecule has 0 bridgehead atoms. The minimum Gasteiger partial charge on any atom is -0.484 e. The Labute approximate surface area is 124 Å². The van der Waals surface area contributed by atoms with Crippen molar-refractivity contribution < 1.29 is 14.3 Å². The normalized spacial score (nSPS) is 11.7. The molecule has 2 aromatic carbocycles. The number of nitrogens with two attached hydrogens (primary N) is 1. The zero-order chi connectivity index (χ0) is 15.2. The van der Waals surface area contributed by atoms with Crippen LogP contribution in [0.1, 0.15) is 35.9 Å². The molecule has 0 heterocycles. The summed E-state index contributed by atoms with van der Waals surface area (Å²) in [4.78, 5) is 11.8. The molecule has 0 saturated heterocycles. The Balaban J connectivity index is 2.21. The fourth-order valence-electron chi connectivity index (χ4n) is 2.02. The van der Waals surface area contributed by atoms with Gasteiger partial charge < -0.3 is 15.2 Å². The van der Waals surface area contributed by atoms with Crippen molar-refractivity contribution in [1.82, 2.24) is 0 Å². The third kappa shape index (κ3) is 3.54. The van der Waals surface area contributed by atoms with Gasteiger partial charge in [-0.15, -0.1) is 0 Å². The average Bonchev–Trinajstić information content (AvgIpc) is 2.50. The first-order valence-corrected chi connectivity index (χ1v) is 6.90. The first-order chi connectivity index (χ1) is 10.1. The van der Waals surface area contributed by atoms with Gasteiger partial charge in [-0.1, -0.05) is 36.4 Å². The Kier molecular flexibility index (Phi) is 4.82. The largest absolute Gasteiger partial charge is 0.484 e. The number of hydrogen-bond acceptors (Lipinski definition) is 4. The minimum absolute atomic E-state index is 0.161. The number of carbonyl (C=O) groups is 1. The molecular weight excluding hydrogens is 266 g/mol. The van der Waals surface area contributed by atoms with Crippen molar-refractivity contribution >= 4 is 11.7 Å². The lowest BCUT2D eigenvalue weighted by Crippen LogP contribution is -2.10. The topological polar surface area (TPSA) is 61.5 Å². The number of para-hydroxylation sites is 1. The van der Waals surface area contributed by atoms with E-state index in [1.54, 1.807) is 25.1 Å². The standard InChI is InChI=1S/C17H19NO3/c1-3-20-17(19)14-10-7-11-15(16(14)18)21-12(2)13-8-5-4-6-9-13/h4-12H,3,18H2,1-2H3. The maximum Gasteiger partial charge on any atom is 0.340 e. The van der Waals surface area contributed by atoms with Crippen molar-refractivity contribution in [3.8, 4) is 5.75 Å². The molecule has 0 fully saturated rings. The van der Waals surface area contributed by atoms with E-state index in [4.69, 9.17) is 15.2 Å². The Bertz CT molecular complexity index is 611. The Morgan fingerprint density at radius 1 is 1.14 bits per heavy atom. The summed E-state index contributed by atoms with van der Waals surface area (Å²) in [6.45, 7) is 4.00. The molecule has 1 atom stereocenters. The van der Waals surface area contributed by atoms with Gasteiger partial charge in [0.05, 0.1) is 17.9 Å². The van der Waals surface area contributed by atoms with Gasteiger partial charge in [-0.25, -0.2) is 4.79 Å². The zero-order valence-corrected chi connectivity index (χ0v) is 12.2. The molecule has 0 spiro atoms. The predicted octanol–water partition coefficient (Wildman–Crippen LogP) is 3.59. The highest BCUT2D eigenvalue weighted by molar-refractivity contribution is 5.96. The Hall–Kier alpha value is -2.49. The molecule has 0 radical (unpaired) electrons. The number of esters is 1. The van der Waals surface area contributed by atoms with Gasteiger partial charge in [0.1, 0.15) is 11.9 Å². The Morgan fingerprint density at radius 3 is 2.52 bits per heavy atom. The smallest absolute Gasteiger partial charge is 0.340 e. The van der Waals surface area contributed by atoms with Crippen LogP contribution in [0, 0.1) is 0 Å². The molecule has 4 nitrogen and oxygen atoms in total. The van der Waals surface area contributed by atoms with E-state index >= 15 is 0 Å². The lowest BCUT2D eigenvalue weighted by Gasteiger charge is -2.17. The SMILES string of the molecule is CCOC(=O)c1cccc(OC(C)c2ccccc2)c1N. The van der Waals surface area contributed by atoms with Gasteiger partial charge in [0.2, 0.25) is 0 Å². The summed E-state index contributed by atoms with van der Waals surface area (Å²) in [5.74, 6) is 0.0460. The van der Waals surface area contributed by atoms with Crippen LogP contribution >= 0.6 is 0 Å². The summed E-state index contributed by atoms with van der Waals surface area (Å²) in [6, 6.07) is 14.9. The van der Waals surface area contributed by atoms with Gasteiger partial charge in [-0.2, -0.15) is 0 Å². The highest BCUT2D eigenvalue weighted by atomic mass is 16.5. The first kappa shape index (κ1) is 14.9. The summed E-state index contributed by atoms with van der Waals surface area (Å²) in [6.07, 6.45) is -0.161. The lowest BCUT2D eigenvalue weighted by molar-refractivity contribution is 0.0527. The molecule has 1 unspecified atom stereocenters. The molecule has 2 rings (SSSR count). The zero-order valence-electron chi connectivity index (χ0n) is 12.2. The fourth-order valence-corrected chi connectivity index (χ4v) is 2.02. The van der Waals surface area contributed by atoms with Crippen LogP contribution in [0.4, 0.5) is 5.69 Å². The highest BCUT2D eigenvalue weighted by Gasteiger charge is 2.16. The van der Waals surface area contributed by atoms with Crippen LogP contribution in [-0.2, 0) is 4.74 Å². The van der Waals surface area contributed by atoms with Crippen molar-refractivity contribution in [3.05, 3.63) is 59.7 Å². The molecule has 0 aromatic heterocycles. The van der Waals surface area contributed by atoms with Crippen LogP contribution in [0.25, 0.3) is 0 Å². The van der Waals surface area contributed by atoms with E-state index in [1.807, 2.05) is 37.3 Å². The van der Waals surface area contributed by atoms with E-state index in [2.05, 4.69) is 0 Å². The van der Waals surface area contributed by atoms with Crippen molar-refractivity contribution in [2.24, 2.45) is 0 Å². The highest BCUT2D eigenvalue weighted by Crippen LogP contribution is 2.30. The third-order valence-corrected chi connectivity index (χ3v) is 3.13. The van der Waals surface area contributed by atoms with E-state index in [0.717, 1.165) is 5.56 Å². The van der Waals surface area contributed by atoms with Gasteiger partial charge in [0.15, 0.2) is 0 Å².